The Balaban J connectivity index is 1.51. The van der Waals surface area contributed by atoms with E-state index in [0.29, 0.717) is 17.0 Å². The maximum atomic E-state index is 11.3. The van der Waals surface area contributed by atoms with Crippen LogP contribution in [0.1, 0.15) is 26.5 Å². The van der Waals surface area contributed by atoms with Gasteiger partial charge in [0, 0.05) is 20.4 Å². The predicted molar refractivity (Wildman–Crippen MR) is 156 cm³/mol. The van der Waals surface area contributed by atoms with Gasteiger partial charge in [0.05, 0.1) is 30.6 Å². The number of anilines is 1. The number of nitrogens with two attached hydrogens (primary N) is 1. The lowest BCUT2D eigenvalue weighted by Gasteiger charge is -2.29. The zero-order valence-corrected chi connectivity index (χ0v) is 25.1. The Labute approximate surface area is 245 Å². The monoisotopic (exact) mass is 606 g/mol. The third-order valence-electron chi connectivity index (χ3n) is 6.87. The van der Waals surface area contributed by atoms with Crippen LogP contribution in [0.25, 0.3) is 5.52 Å². The molecule has 3 aromatic rings. The number of benzene rings is 1. The number of nitrogens with zero attached hydrogens (tertiary/aromatic N) is 4. The normalized spacial score (nSPS) is 25.2. The van der Waals surface area contributed by atoms with Gasteiger partial charge in [-0.15, -0.1) is 0 Å². The molecule has 1 aliphatic rings. The second kappa shape index (κ2) is 13.7. The van der Waals surface area contributed by atoms with E-state index in [9.17, 15) is 15.3 Å². The van der Waals surface area contributed by atoms with Crippen LogP contribution in [0.2, 0.25) is 0 Å². The summed E-state index contributed by atoms with van der Waals surface area (Å²) in [5.41, 5.74) is 4.76. The van der Waals surface area contributed by atoms with Crippen LogP contribution in [-0.2, 0) is 24.3 Å². The van der Waals surface area contributed by atoms with Gasteiger partial charge in [-0.1, -0.05) is 18.2 Å². The summed E-state index contributed by atoms with van der Waals surface area (Å²) in [5, 5.41) is 40.3. The fraction of sp³-hybridized carbons (Fsp3) is 0.519. The second-order valence-electron chi connectivity index (χ2n) is 10.5. The molecular weight excluding hydrogens is 567 g/mol. The highest BCUT2D eigenvalue weighted by molar-refractivity contribution is 7.45. The Morgan fingerprint density at radius 3 is 2.69 bits per heavy atom. The minimum absolute atomic E-state index is 0.154. The molecule has 0 aliphatic carbocycles. The first-order chi connectivity index (χ1) is 20.0. The van der Waals surface area contributed by atoms with Crippen molar-refractivity contribution in [2.45, 2.75) is 62.6 Å². The smallest absolute Gasteiger partial charge is 0.318 e. The van der Waals surface area contributed by atoms with Crippen molar-refractivity contribution in [3.63, 3.8) is 0 Å². The summed E-state index contributed by atoms with van der Waals surface area (Å²) < 4.78 is 30.8. The molecular formula is C27H39N6O8P. The van der Waals surface area contributed by atoms with Crippen LogP contribution < -0.4 is 15.3 Å². The highest BCUT2D eigenvalue weighted by atomic mass is 31.2. The summed E-state index contributed by atoms with van der Waals surface area (Å²) in [7, 11) is 1.21. The molecule has 3 heterocycles. The molecule has 230 valence electrons. The molecule has 0 amide bonds. The fourth-order valence-corrected chi connectivity index (χ4v) is 5.57. The van der Waals surface area contributed by atoms with Crippen molar-refractivity contribution in [2.24, 2.45) is 4.99 Å². The molecule has 15 heteroatoms. The van der Waals surface area contributed by atoms with Crippen LogP contribution in [0.4, 0.5) is 5.82 Å². The molecule has 2 unspecified atom stereocenters. The van der Waals surface area contributed by atoms with E-state index in [-0.39, 0.29) is 19.0 Å². The van der Waals surface area contributed by atoms with E-state index in [2.05, 4.69) is 20.2 Å². The van der Waals surface area contributed by atoms with Crippen molar-refractivity contribution in [3.05, 3.63) is 54.5 Å². The molecule has 0 bridgehead atoms. The van der Waals surface area contributed by atoms with Crippen molar-refractivity contribution in [1.82, 2.24) is 19.7 Å². The molecule has 4 rings (SSSR count). The van der Waals surface area contributed by atoms with Crippen molar-refractivity contribution in [3.8, 4) is 5.75 Å². The number of hydrogen-bond acceptors (Lipinski definition) is 13. The number of nitrogens with one attached hydrogen (secondary N) is 1. The fourth-order valence-electron chi connectivity index (χ4n) is 4.33. The van der Waals surface area contributed by atoms with Crippen LogP contribution in [0.5, 0.6) is 5.75 Å². The number of fused-ring (bicyclic) bond motifs is 1. The molecule has 1 aromatic carbocycles. The SMILES string of the molecule is CN=C[C@@]1(c2ccc3c(N)ncnn23)O[C@H](COP(N[C@@H](C)C(O)OCC(C)(C)OC)Oc2ccccc2)[C@@H](O)[C@H]1O. The highest BCUT2D eigenvalue weighted by Crippen LogP contribution is 2.42. The molecule has 42 heavy (non-hydrogen) atoms. The van der Waals surface area contributed by atoms with E-state index in [1.165, 1.54) is 24.1 Å². The number of aliphatic hydroxyl groups is 3. The lowest BCUT2D eigenvalue weighted by Crippen LogP contribution is -2.43. The molecule has 6 N–H and O–H groups in total. The molecule has 7 atom stereocenters. The standard InChI is InChI=1S/C27H39N6O8P/c1-17(25(36)38-15-26(2,3)37-5)32-42(41-18-9-7-6-8-10-18)39-13-20-22(34)23(35)27(40-20,14-29-4)21-12-11-19-24(28)30-16-31-33(19)21/h6-12,14,16-17,20,22-23,25,32,34-36H,13,15H2,1-5H3,(H2,28,30,31)/t17-,20+,22+,23+,25?,27-,42?/m0/s1. The summed E-state index contributed by atoms with van der Waals surface area (Å²) in [6.07, 6.45) is -2.27. The van der Waals surface area contributed by atoms with Crippen LogP contribution in [0.3, 0.4) is 0 Å². The Kier molecular flexibility index (Phi) is 10.5. The van der Waals surface area contributed by atoms with Crippen LogP contribution in [-0.4, -0.2) is 99.7 Å². The van der Waals surface area contributed by atoms with E-state index in [1.54, 1.807) is 38.3 Å². The van der Waals surface area contributed by atoms with E-state index < -0.39 is 50.4 Å². The Morgan fingerprint density at radius 2 is 2.00 bits per heavy atom. The Bertz CT molecular complexity index is 1330. The lowest BCUT2D eigenvalue weighted by molar-refractivity contribution is -0.156. The molecule has 1 saturated heterocycles. The molecule has 1 aliphatic heterocycles. The number of methoxy groups -OCH3 is 1. The van der Waals surface area contributed by atoms with Crippen LogP contribution in [0.15, 0.2) is 53.8 Å². The number of aliphatic hydroxyl groups excluding tert-OH is 3. The van der Waals surface area contributed by atoms with Crippen molar-refractivity contribution >= 4 is 26.1 Å². The van der Waals surface area contributed by atoms with Gasteiger partial charge in [0.1, 0.15) is 35.9 Å². The third-order valence-corrected chi connectivity index (χ3v) is 8.25. The van der Waals surface area contributed by atoms with Crippen LogP contribution >= 0.6 is 8.53 Å². The van der Waals surface area contributed by atoms with Gasteiger partial charge in [-0.2, -0.15) is 5.10 Å². The Morgan fingerprint density at radius 1 is 1.26 bits per heavy atom. The topological polar surface area (TPSA) is 187 Å². The quantitative estimate of drug-likeness (QED) is 0.101. The summed E-state index contributed by atoms with van der Waals surface area (Å²) in [5.74, 6) is 0.769. The van der Waals surface area contributed by atoms with Gasteiger partial charge in [0.2, 0.25) is 0 Å². The predicted octanol–water partition coefficient (Wildman–Crippen LogP) is 1.39. The number of hydrogen-bond donors (Lipinski definition) is 5. The molecule has 2 aromatic heterocycles. The molecule has 1 fully saturated rings. The van der Waals surface area contributed by atoms with E-state index in [1.807, 2.05) is 32.0 Å². The number of para-hydroxylation sites is 1. The first kappa shape index (κ1) is 32.1. The van der Waals surface area contributed by atoms with Gasteiger partial charge in [0.15, 0.2) is 17.7 Å². The van der Waals surface area contributed by atoms with Gasteiger partial charge in [-0.3, -0.25) is 4.99 Å². The summed E-state index contributed by atoms with van der Waals surface area (Å²) >= 11 is 0. The number of aliphatic imine (C=N–C) groups is 1. The summed E-state index contributed by atoms with van der Waals surface area (Å²) in [6, 6.07) is 11.8. The van der Waals surface area contributed by atoms with E-state index >= 15 is 0 Å². The average Bonchev–Trinajstić information content (AvgIpc) is 3.52. The molecule has 0 spiro atoms. The minimum Gasteiger partial charge on any atom is -0.436 e. The second-order valence-corrected chi connectivity index (χ2v) is 11.7. The number of aromatic nitrogens is 3. The number of ether oxygens (including phenoxy) is 3. The number of rotatable bonds is 14. The maximum Gasteiger partial charge on any atom is 0.318 e. The van der Waals surface area contributed by atoms with Crippen LogP contribution in [0, 0.1) is 0 Å². The van der Waals surface area contributed by atoms with Gasteiger partial charge in [-0.25, -0.2) is 14.6 Å². The first-order valence-corrected chi connectivity index (χ1v) is 14.5. The maximum absolute atomic E-state index is 11.3. The van der Waals surface area contributed by atoms with E-state index in [4.69, 9.17) is 29.0 Å². The zero-order valence-electron chi connectivity index (χ0n) is 24.2. The minimum atomic E-state index is -1.89. The Hall–Kier alpha value is -2.78. The van der Waals surface area contributed by atoms with Crippen molar-refractivity contribution in [1.29, 1.82) is 0 Å². The average molecular weight is 607 g/mol. The molecule has 14 nitrogen and oxygen atoms in total. The molecule has 0 radical (unpaired) electrons. The highest BCUT2D eigenvalue weighted by Gasteiger charge is 2.56. The van der Waals surface area contributed by atoms with Gasteiger partial charge < -0.3 is 44.3 Å². The van der Waals surface area contributed by atoms with Crippen molar-refractivity contribution in [2.75, 3.05) is 33.1 Å². The lowest BCUT2D eigenvalue weighted by atomic mass is 9.92. The third kappa shape index (κ3) is 7.05. The first-order valence-electron chi connectivity index (χ1n) is 13.3. The molecule has 0 saturated carbocycles. The van der Waals surface area contributed by atoms with Gasteiger partial charge in [0.25, 0.3) is 0 Å². The summed E-state index contributed by atoms with van der Waals surface area (Å²) in [4.78, 5) is 8.11. The summed E-state index contributed by atoms with van der Waals surface area (Å²) in [6.45, 7) is 5.38. The largest absolute Gasteiger partial charge is 0.436 e. The van der Waals surface area contributed by atoms with E-state index in [0.717, 1.165) is 0 Å². The van der Waals surface area contributed by atoms with Gasteiger partial charge in [-0.05, 0) is 45.0 Å². The van der Waals surface area contributed by atoms with Crippen molar-refractivity contribution < 1.29 is 38.6 Å². The zero-order chi connectivity index (χ0) is 30.5. The number of nitrogen functional groups attached to an aromatic ring is 1. The van der Waals surface area contributed by atoms with Gasteiger partial charge >= 0.3 is 8.53 Å².